The molecule has 2 rings (SSSR count). The van der Waals surface area contributed by atoms with Gasteiger partial charge in [0.1, 0.15) is 0 Å². The Morgan fingerprint density at radius 2 is 1.57 bits per heavy atom. The van der Waals surface area contributed by atoms with E-state index in [4.69, 9.17) is 0 Å². The van der Waals surface area contributed by atoms with Gasteiger partial charge in [0, 0.05) is 5.56 Å². The molecule has 0 aliphatic heterocycles. The van der Waals surface area contributed by atoms with Crippen molar-refractivity contribution in [1.29, 1.82) is 0 Å². The fourth-order valence-corrected chi connectivity index (χ4v) is 2.57. The molecule has 0 aliphatic carbocycles. The van der Waals surface area contributed by atoms with E-state index in [1.165, 1.54) is 36.4 Å². The molecule has 2 aromatic carbocycles. The van der Waals surface area contributed by atoms with Gasteiger partial charge in [-0.05, 0) is 19.1 Å². The van der Waals surface area contributed by atoms with Gasteiger partial charge >= 0.3 is 6.18 Å². The van der Waals surface area contributed by atoms with Gasteiger partial charge < -0.3 is 0 Å². The van der Waals surface area contributed by atoms with E-state index in [9.17, 15) is 21.6 Å². The molecule has 4 nitrogen and oxygen atoms in total. The summed E-state index contributed by atoms with van der Waals surface area (Å²) in [6, 6.07) is 12.4. The average Bonchev–Trinajstić information content (AvgIpc) is 2.47. The fraction of sp³-hybridized carbons (Fsp3) is 0.133. The second-order valence-electron chi connectivity index (χ2n) is 4.73. The van der Waals surface area contributed by atoms with Crippen LogP contribution in [0.15, 0.2) is 64.6 Å². The van der Waals surface area contributed by atoms with Gasteiger partial charge in [0.25, 0.3) is 10.0 Å². The Kier molecular flexibility index (Phi) is 4.74. The van der Waals surface area contributed by atoms with Crippen molar-refractivity contribution in [2.24, 2.45) is 5.10 Å². The molecular formula is C15H13F3N2O2S. The molecule has 0 aliphatic rings. The Balaban J connectivity index is 2.36. The third-order valence-corrected chi connectivity index (χ3v) is 4.15. The zero-order chi connectivity index (χ0) is 17.1. The third kappa shape index (κ3) is 4.32. The molecule has 8 heteroatoms. The van der Waals surface area contributed by atoms with Crippen molar-refractivity contribution >= 4 is 15.7 Å². The average molecular weight is 342 g/mol. The second-order valence-corrected chi connectivity index (χ2v) is 6.39. The molecule has 0 atom stereocenters. The van der Waals surface area contributed by atoms with Crippen LogP contribution in [-0.2, 0) is 10.0 Å². The molecule has 0 heterocycles. The number of aryl methyl sites for hydroxylation is 1. The van der Waals surface area contributed by atoms with Crippen molar-refractivity contribution in [2.75, 3.05) is 0 Å². The molecule has 2 aromatic rings. The van der Waals surface area contributed by atoms with Crippen LogP contribution in [0, 0.1) is 6.92 Å². The molecule has 0 fully saturated rings. The largest absolute Gasteiger partial charge is 0.435 e. The summed E-state index contributed by atoms with van der Waals surface area (Å²) in [5.74, 6) is 0. The predicted molar refractivity (Wildman–Crippen MR) is 80.5 cm³/mol. The minimum absolute atomic E-state index is 0.165. The van der Waals surface area contributed by atoms with Gasteiger partial charge in [0.15, 0.2) is 5.71 Å². The lowest BCUT2D eigenvalue weighted by Crippen LogP contribution is -2.29. The van der Waals surface area contributed by atoms with Crippen molar-refractivity contribution in [1.82, 2.24) is 4.83 Å². The molecule has 0 saturated heterocycles. The van der Waals surface area contributed by atoms with Gasteiger partial charge in [0.05, 0.1) is 4.90 Å². The normalized spacial score (nSPS) is 13.0. The summed E-state index contributed by atoms with van der Waals surface area (Å²) in [6.07, 6.45) is -4.79. The van der Waals surface area contributed by atoms with E-state index in [0.29, 0.717) is 0 Å². The molecule has 0 bridgehead atoms. The quantitative estimate of drug-likeness (QED) is 0.685. The van der Waals surface area contributed by atoms with Crippen molar-refractivity contribution in [3.63, 3.8) is 0 Å². The highest BCUT2D eigenvalue weighted by atomic mass is 32.2. The van der Waals surface area contributed by atoms with Gasteiger partial charge in [-0.2, -0.15) is 31.5 Å². The topological polar surface area (TPSA) is 58.5 Å². The van der Waals surface area contributed by atoms with E-state index in [1.807, 2.05) is 0 Å². The van der Waals surface area contributed by atoms with Crippen LogP contribution in [0.25, 0.3) is 0 Å². The first-order valence-electron chi connectivity index (χ1n) is 6.49. The van der Waals surface area contributed by atoms with Crippen LogP contribution in [0.4, 0.5) is 13.2 Å². The van der Waals surface area contributed by atoms with Crippen LogP contribution >= 0.6 is 0 Å². The standard InChI is InChI=1S/C15H13F3N2O2S/c1-11-7-9-13(10-8-11)23(21,22)20-19-14(15(16,17)18)12-5-3-2-4-6-12/h2-10,20H,1H3. The van der Waals surface area contributed by atoms with Crippen LogP contribution in [0.5, 0.6) is 0 Å². The number of hydrazone groups is 1. The minimum atomic E-state index is -4.79. The number of hydrogen-bond donors (Lipinski definition) is 1. The molecule has 122 valence electrons. The van der Waals surface area contributed by atoms with Crippen LogP contribution in [0.2, 0.25) is 0 Å². The van der Waals surface area contributed by atoms with Gasteiger partial charge in [0.2, 0.25) is 0 Å². The maximum atomic E-state index is 13.1. The fourth-order valence-electron chi connectivity index (χ4n) is 1.76. The molecule has 1 N–H and O–H groups in total. The van der Waals surface area contributed by atoms with Crippen LogP contribution in [0.3, 0.4) is 0 Å². The molecular weight excluding hydrogens is 329 g/mol. The summed E-state index contributed by atoms with van der Waals surface area (Å²) in [6.45, 7) is 1.76. The number of hydrogen-bond acceptors (Lipinski definition) is 3. The van der Waals surface area contributed by atoms with E-state index in [0.717, 1.165) is 5.56 Å². The summed E-state index contributed by atoms with van der Waals surface area (Å²) in [4.78, 5) is 1.47. The first-order valence-corrected chi connectivity index (χ1v) is 7.97. The lowest BCUT2D eigenvalue weighted by Gasteiger charge is -2.11. The number of alkyl halides is 3. The van der Waals surface area contributed by atoms with Crippen LogP contribution < -0.4 is 4.83 Å². The Bertz CT molecular complexity index is 799. The van der Waals surface area contributed by atoms with E-state index in [1.54, 1.807) is 30.0 Å². The molecule has 0 saturated carbocycles. The smallest absolute Gasteiger partial charge is 0.200 e. The second kappa shape index (κ2) is 6.41. The zero-order valence-corrected chi connectivity index (χ0v) is 12.8. The monoisotopic (exact) mass is 342 g/mol. The highest BCUT2D eigenvalue weighted by Crippen LogP contribution is 2.22. The number of rotatable bonds is 4. The maximum Gasteiger partial charge on any atom is 0.435 e. The van der Waals surface area contributed by atoms with Gasteiger partial charge in [-0.15, -0.1) is 0 Å². The highest BCUT2D eigenvalue weighted by molar-refractivity contribution is 7.89. The van der Waals surface area contributed by atoms with Crippen molar-refractivity contribution in [3.05, 3.63) is 65.7 Å². The Morgan fingerprint density at radius 3 is 2.09 bits per heavy atom. The number of benzene rings is 2. The third-order valence-electron chi connectivity index (χ3n) is 2.92. The molecule has 0 amide bonds. The van der Waals surface area contributed by atoms with E-state index >= 15 is 0 Å². The van der Waals surface area contributed by atoms with Crippen LogP contribution in [0.1, 0.15) is 11.1 Å². The Hall–Kier alpha value is -2.35. The number of halogens is 3. The minimum Gasteiger partial charge on any atom is -0.200 e. The molecule has 23 heavy (non-hydrogen) atoms. The first kappa shape index (κ1) is 17.0. The van der Waals surface area contributed by atoms with E-state index in [2.05, 4.69) is 5.10 Å². The zero-order valence-electron chi connectivity index (χ0n) is 12.0. The lowest BCUT2D eigenvalue weighted by atomic mass is 10.1. The summed E-state index contributed by atoms with van der Waals surface area (Å²) in [5, 5.41) is 3.09. The summed E-state index contributed by atoms with van der Waals surface area (Å²) >= 11 is 0. The summed E-state index contributed by atoms with van der Waals surface area (Å²) < 4.78 is 63.3. The van der Waals surface area contributed by atoms with E-state index < -0.39 is 21.9 Å². The van der Waals surface area contributed by atoms with Crippen molar-refractivity contribution in [3.8, 4) is 0 Å². The number of sulfonamides is 1. The van der Waals surface area contributed by atoms with Crippen molar-refractivity contribution in [2.45, 2.75) is 18.0 Å². The van der Waals surface area contributed by atoms with Crippen LogP contribution in [-0.4, -0.2) is 20.3 Å². The molecule has 0 unspecified atom stereocenters. The maximum absolute atomic E-state index is 13.1. The molecule has 0 aromatic heterocycles. The number of nitrogens with zero attached hydrogens (tertiary/aromatic N) is 1. The van der Waals surface area contributed by atoms with E-state index in [-0.39, 0.29) is 10.5 Å². The van der Waals surface area contributed by atoms with Gasteiger partial charge in [-0.1, -0.05) is 48.0 Å². The molecule has 0 radical (unpaired) electrons. The summed E-state index contributed by atoms with van der Waals surface area (Å²) in [7, 11) is -4.18. The SMILES string of the molecule is Cc1ccc(S(=O)(=O)NN=C(c2ccccc2)C(F)(F)F)cc1. The lowest BCUT2D eigenvalue weighted by molar-refractivity contribution is -0.0583. The predicted octanol–water partition coefficient (Wildman–Crippen LogP) is 3.24. The highest BCUT2D eigenvalue weighted by Gasteiger charge is 2.37. The summed E-state index contributed by atoms with van der Waals surface area (Å²) in [5.41, 5.74) is -0.715. The number of nitrogens with one attached hydrogen (secondary N) is 1. The van der Waals surface area contributed by atoms with Crippen molar-refractivity contribution < 1.29 is 21.6 Å². The Labute approximate surface area is 131 Å². The van der Waals surface area contributed by atoms with Gasteiger partial charge in [-0.25, -0.2) is 0 Å². The molecule has 0 spiro atoms. The first-order chi connectivity index (χ1) is 10.7. The van der Waals surface area contributed by atoms with Gasteiger partial charge in [-0.3, -0.25) is 0 Å². The Morgan fingerprint density at radius 1 is 1.00 bits per heavy atom.